The SMILES string of the molecule is Cc1cc(F)ccc1-c1cc2ccccc2[nH]1. The number of para-hydroxylation sites is 1. The van der Waals surface area contributed by atoms with Crippen LogP contribution in [0.2, 0.25) is 0 Å². The number of aromatic amines is 1. The molecule has 0 atom stereocenters. The van der Waals surface area contributed by atoms with E-state index >= 15 is 0 Å². The van der Waals surface area contributed by atoms with Gasteiger partial charge in [-0.25, -0.2) is 4.39 Å². The molecule has 0 radical (unpaired) electrons. The number of hydrogen-bond acceptors (Lipinski definition) is 0. The van der Waals surface area contributed by atoms with E-state index in [-0.39, 0.29) is 5.82 Å². The van der Waals surface area contributed by atoms with Crippen molar-refractivity contribution in [2.24, 2.45) is 0 Å². The van der Waals surface area contributed by atoms with Crippen molar-refractivity contribution in [3.05, 3.63) is 59.9 Å². The fraction of sp³-hybridized carbons (Fsp3) is 0.0667. The maximum atomic E-state index is 13.1. The van der Waals surface area contributed by atoms with Crippen LogP contribution < -0.4 is 0 Å². The first-order valence-electron chi connectivity index (χ1n) is 5.58. The Morgan fingerprint density at radius 2 is 1.82 bits per heavy atom. The van der Waals surface area contributed by atoms with Gasteiger partial charge in [0.2, 0.25) is 0 Å². The van der Waals surface area contributed by atoms with E-state index in [0.29, 0.717) is 0 Å². The molecule has 84 valence electrons. The van der Waals surface area contributed by atoms with Crippen LogP contribution in [0.3, 0.4) is 0 Å². The number of aromatic nitrogens is 1. The van der Waals surface area contributed by atoms with E-state index in [1.807, 2.05) is 31.2 Å². The topological polar surface area (TPSA) is 15.8 Å². The molecular weight excluding hydrogens is 213 g/mol. The molecule has 2 aromatic carbocycles. The molecule has 0 unspecified atom stereocenters. The lowest BCUT2D eigenvalue weighted by Crippen LogP contribution is -1.84. The van der Waals surface area contributed by atoms with Crippen LogP contribution in [0.5, 0.6) is 0 Å². The first kappa shape index (κ1) is 10.1. The maximum absolute atomic E-state index is 13.1. The summed E-state index contributed by atoms with van der Waals surface area (Å²) < 4.78 is 13.1. The van der Waals surface area contributed by atoms with Crippen molar-refractivity contribution in [2.45, 2.75) is 6.92 Å². The third-order valence-electron chi connectivity index (χ3n) is 3.01. The van der Waals surface area contributed by atoms with Crippen molar-refractivity contribution in [3.8, 4) is 11.3 Å². The lowest BCUT2D eigenvalue weighted by atomic mass is 10.1. The molecule has 0 bridgehead atoms. The van der Waals surface area contributed by atoms with Crippen molar-refractivity contribution < 1.29 is 4.39 Å². The highest BCUT2D eigenvalue weighted by Gasteiger charge is 2.06. The predicted octanol–water partition coefficient (Wildman–Crippen LogP) is 4.28. The molecule has 2 heteroatoms. The molecule has 0 spiro atoms. The molecule has 3 rings (SSSR count). The molecule has 0 aliphatic heterocycles. The van der Waals surface area contributed by atoms with Crippen molar-refractivity contribution in [3.63, 3.8) is 0 Å². The Labute approximate surface area is 98.9 Å². The first-order chi connectivity index (χ1) is 8.24. The van der Waals surface area contributed by atoms with Crippen molar-refractivity contribution in [1.29, 1.82) is 0 Å². The summed E-state index contributed by atoms with van der Waals surface area (Å²) in [6, 6.07) is 15.1. The zero-order chi connectivity index (χ0) is 11.8. The lowest BCUT2D eigenvalue weighted by Gasteiger charge is -2.02. The number of benzene rings is 2. The van der Waals surface area contributed by atoms with E-state index < -0.39 is 0 Å². The van der Waals surface area contributed by atoms with Crippen LogP contribution in [0, 0.1) is 12.7 Å². The van der Waals surface area contributed by atoms with Gasteiger partial charge in [0.05, 0.1) is 0 Å². The fourth-order valence-electron chi connectivity index (χ4n) is 2.15. The summed E-state index contributed by atoms with van der Waals surface area (Å²) >= 11 is 0. The molecule has 1 nitrogen and oxygen atoms in total. The molecule has 1 heterocycles. The summed E-state index contributed by atoms with van der Waals surface area (Å²) in [5.41, 5.74) is 4.12. The van der Waals surface area contributed by atoms with Gasteiger partial charge in [0.25, 0.3) is 0 Å². The molecule has 0 fully saturated rings. The second-order valence-corrected chi connectivity index (χ2v) is 4.23. The third-order valence-corrected chi connectivity index (χ3v) is 3.01. The van der Waals surface area contributed by atoms with E-state index in [9.17, 15) is 4.39 Å². The largest absolute Gasteiger partial charge is 0.355 e. The number of hydrogen-bond donors (Lipinski definition) is 1. The summed E-state index contributed by atoms with van der Waals surface area (Å²) in [7, 11) is 0. The molecule has 0 saturated carbocycles. The first-order valence-corrected chi connectivity index (χ1v) is 5.58. The van der Waals surface area contributed by atoms with E-state index in [1.54, 1.807) is 6.07 Å². The standard InChI is InChI=1S/C15H12FN/c1-10-8-12(16)6-7-13(10)15-9-11-4-2-3-5-14(11)17-15/h2-9,17H,1H3. The van der Waals surface area contributed by atoms with Gasteiger partial charge in [-0.05, 0) is 42.8 Å². The Morgan fingerprint density at radius 3 is 2.59 bits per heavy atom. The predicted molar refractivity (Wildman–Crippen MR) is 68.4 cm³/mol. The summed E-state index contributed by atoms with van der Waals surface area (Å²) in [5, 5.41) is 1.17. The number of aryl methyl sites for hydroxylation is 1. The summed E-state index contributed by atoms with van der Waals surface area (Å²) in [4.78, 5) is 3.35. The van der Waals surface area contributed by atoms with Gasteiger partial charge in [0.1, 0.15) is 5.82 Å². The van der Waals surface area contributed by atoms with Gasteiger partial charge in [-0.3, -0.25) is 0 Å². The normalized spacial score (nSPS) is 10.9. The summed E-state index contributed by atoms with van der Waals surface area (Å²) in [6.45, 7) is 1.92. The van der Waals surface area contributed by atoms with Gasteiger partial charge in [-0.1, -0.05) is 18.2 Å². The number of H-pyrrole nitrogens is 1. The van der Waals surface area contributed by atoms with Gasteiger partial charge in [0, 0.05) is 22.2 Å². The van der Waals surface area contributed by atoms with Crippen LogP contribution in [-0.2, 0) is 0 Å². The summed E-state index contributed by atoms with van der Waals surface area (Å²) in [6.07, 6.45) is 0. The van der Waals surface area contributed by atoms with Crippen LogP contribution in [0.15, 0.2) is 48.5 Å². The Morgan fingerprint density at radius 1 is 1.00 bits per heavy atom. The molecule has 0 amide bonds. The third kappa shape index (κ3) is 1.72. The highest BCUT2D eigenvalue weighted by molar-refractivity contribution is 5.86. The number of halogens is 1. The number of fused-ring (bicyclic) bond motifs is 1. The number of rotatable bonds is 1. The molecule has 3 aromatic rings. The van der Waals surface area contributed by atoms with Crippen LogP contribution in [-0.4, -0.2) is 4.98 Å². The van der Waals surface area contributed by atoms with Crippen LogP contribution in [0.25, 0.3) is 22.2 Å². The smallest absolute Gasteiger partial charge is 0.123 e. The zero-order valence-electron chi connectivity index (χ0n) is 9.50. The Balaban J connectivity index is 2.20. The maximum Gasteiger partial charge on any atom is 0.123 e. The minimum absolute atomic E-state index is 0.192. The molecule has 17 heavy (non-hydrogen) atoms. The van der Waals surface area contributed by atoms with Crippen LogP contribution in [0.4, 0.5) is 4.39 Å². The van der Waals surface area contributed by atoms with Gasteiger partial charge in [-0.15, -0.1) is 0 Å². The molecule has 0 aliphatic rings. The zero-order valence-corrected chi connectivity index (χ0v) is 9.50. The minimum atomic E-state index is -0.192. The van der Waals surface area contributed by atoms with E-state index in [4.69, 9.17) is 0 Å². The highest BCUT2D eigenvalue weighted by atomic mass is 19.1. The van der Waals surface area contributed by atoms with Gasteiger partial charge >= 0.3 is 0 Å². The molecule has 0 aliphatic carbocycles. The van der Waals surface area contributed by atoms with Gasteiger partial charge in [-0.2, -0.15) is 0 Å². The summed E-state index contributed by atoms with van der Waals surface area (Å²) in [5.74, 6) is -0.192. The molecular formula is C15H12FN. The van der Waals surface area contributed by atoms with Crippen LogP contribution >= 0.6 is 0 Å². The highest BCUT2D eigenvalue weighted by Crippen LogP contribution is 2.26. The van der Waals surface area contributed by atoms with E-state index in [1.165, 1.54) is 11.5 Å². The second-order valence-electron chi connectivity index (χ2n) is 4.23. The molecule has 1 N–H and O–H groups in total. The van der Waals surface area contributed by atoms with Gasteiger partial charge < -0.3 is 4.98 Å². The average molecular weight is 225 g/mol. The van der Waals surface area contributed by atoms with Crippen molar-refractivity contribution in [1.82, 2.24) is 4.98 Å². The van der Waals surface area contributed by atoms with Crippen molar-refractivity contribution in [2.75, 3.05) is 0 Å². The minimum Gasteiger partial charge on any atom is -0.355 e. The average Bonchev–Trinajstić information content (AvgIpc) is 2.72. The van der Waals surface area contributed by atoms with E-state index in [0.717, 1.165) is 22.3 Å². The van der Waals surface area contributed by atoms with Crippen molar-refractivity contribution >= 4 is 10.9 Å². The molecule has 0 saturated heterocycles. The monoisotopic (exact) mass is 225 g/mol. The molecule has 1 aromatic heterocycles. The number of nitrogens with one attached hydrogen (secondary N) is 1. The lowest BCUT2D eigenvalue weighted by molar-refractivity contribution is 0.627. The Hall–Kier alpha value is -2.09. The van der Waals surface area contributed by atoms with E-state index in [2.05, 4.69) is 17.1 Å². The quantitative estimate of drug-likeness (QED) is 0.636. The van der Waals surface area contributed by atoms with Crippen LogP contribution in [0.1, 0.15) is 5.56 Å². The second kappa shape index (κ2) is 3.74. The Bertz CT molecular complexity index is 649. The fourth-order valence-corrected chi connectivity index (χ4v) is 2.15. The Kier molecular flexibility index (Phi) is 2.22. The van der Waals surface area contributed by atoms with Gasteiger partial charge in [0.15, 0.2) is 0 Å².